The third-order valence-corrected chi connectivity index (χ3v) is 3.90. The maximum absolute atomic E-state index is 10.6. The number of pyridine rings is 1. The zero-order chi connectivity index (χ0) is 20.0. The third kappa shape index (κ3) is 5.73. The van der Waals surface area contributed by atoms with Crippen molar-refractivity contribution in [3.63, 3.8) is 0 Å². The lowest BCUT2D eigenvalue weighted by Gasteiger charge is -2.31. The van der Waals surface area contributed by atoms with Crippen LogP contribution < -0.4 is 0 Å². The van der Waals surface area contributed by atoms with Gasteiger partial charge in [-0.25, -0.2) is 4.79 Å². The van der Waals surface area contributed by atoms with Gasteiger partial charge in [0.2, 0.25) is 0 Å². The molecule has 2 aromatic rings. The highest BCUT2D eigenvalue weighted by molar-refractivity contribution is 5.73. The maximum atomic E-state index is 10.6. The zero-order valence-corrected chi connectivity index (χ0v) is 14.8. The van der Waals surface area contributed by atoms with E-state index in [1.54, 1.807) is 7.11 Å². The Morgan fingerprint density at radius 1 is 1.41 bits per heavy atom. The number of aromatic nitrogens is 4. The van der Waals surface area contributed by atoms with Gasteiger partial charge in [0.25, 0.3) is 0 Å². The summed E-state index contributed by atoms with van der Waals surface area (Å²) in [7, 11) is 3.68. The predicted octanol–water partition coefficient (Wildman–Crippen LogP) is 1.59. The summed E-state index contributed by atoms with van der Waals surface area (Å²) >= 11 is 0. The first-order valence-corrected chi connectivity index (χ1v) is 8.02. The van der Waals surface area contributed by atoms with E-state index in [9.17, 15) is 13.2 Å². The summed E-state index contributed by atoms with van der Waals surface area (Å²) in [5, 5.41) is 15.5. The molecule has 2 aromatic heterocycles. The largest absolute Gasteiger partial charge is 0.490 e. The molecule has 8 nitrogen and oxygen atoms in total. The van der Waals surface area contributed by atoms with Crippen molar-refractivity contribution in [2.75, 3.05) is 20.3 Å². The number of carbonyl (C=O) groups is 1. The van der Waals surface area contributed by atoms with Crippen molar-refractivity contribution in [2.24, 2.45) is 7.05 Å². The lowest BCUT2D eigenvalue weighted by atomic mass is 9.99. The highest BCUT2D eigenvalue weighted by Crippen LogP contribution is 2.27. The molecule has 3 heterocycles. The van der Waals surface area contributed by atoms with Gasteiger partial charge in [-0.05, 0) is 12.1 Å². The molecule has 0 bridgehead atoms. The molecule has 1 unspecified atom stereocenters. The molecular formula is C16H20F3N5O3. The molecule has 27 heavy (non-hydrogen) atoms. The molecule has 0 aliphatic carbocycles. The van der Waals surface area contributed by atoms with E-state index in [2.05, 4.69) is 26.3 Å². The van der Waals surface area contributed by atoms with Gasteiger partial charge in [0.1, 0.15) is 5.69 Å². The van der Waals surface area contributed by atoms with Crippen molar-refractivity contribution >= 4 is 5.97 Å². The molecule has 11 heteroatoms. The molecule has 0 saturated carbocycles. The predicted molar refractivity (Wildman–Crippen MR) is 87.7 cm³/mol. The normalized spacial score (nSPS) is 17.0. The van der Waals surface area contributed by atoms with Gasteiger partial charge in [0, 0.05) is 45.9 Å². The molecule has 0 radical (unpaired) electrons. The number of alkyl halides is 3. The number of rotatable bonds is 4. The highest BCUT2D eigenvalue weighted by Gasteiger charge is 2.38. The van der Waals surface area contributed by atoms with E-state index in [1.807, 2.05) is 30.1 Å². The molecular weight excluding hydrogens is 367 g/mol. The van der Waals surface area contributed by atoms with Crippen LogP contribution in [0.1, 0.15) is 23.0 Å². The van der Waals surface area contributed by atoms with Crippen LogP contribution in [-0.4, -0.2) is 62.4 Å². The molecule has 1 aliphatic heterocycles. The Morgan fingerprint density at radius 3 is 2.67 bits per heavy atom. The Balaban J connectivity index is 0.000000321. The quantitative estimate of drug-likeness (QED) is 0.852. The molecule has 1 N–H and O–H groups in total. The summed E-state index contributed by atoms with van der Waals surface area (Å²) < 4.78 is 39.0. The number of carboxylic acids is 1. The summed E-state index contributed by atoms with van der Waals surface area (Å²) in [6.45, 7) is 3.28. The molecule has 0 aromatic carbocycles. The third-order valence-electron chi connectivity index (χ3n) is 3.90. The van der Waals surface area contributed by atoms with E-state index in [4.69, 9.17) is 14.6 Å². The first kappa shape index (κ1) is 20.8. The Hall–Kier alpha value is -2.53. The first-order chi connectivity index (χ1) is 12.7. The maximum Gasteiger partial charge on any atom is 0.490 e. The van der Waals surface area contributed by atoms with Gasteiger partial charge in [-0.3, -0.25) is 14.6 Å². The van der Waals surface area contributed by atoms with Crippen molar-refractivity contribution in [3.05, 3.63) is 41.5 Å². The van der Waals surface area contributed by atoms with Crippen molar-refractivity contribution in [1.82, 2.24) is 24.9 Å². The van der Waals surface area contributed by atoms with Crippen LogP contribution in [0.2, 0.25) is 0 Å². The fraction of sp³-hybridized carbons (Fsp3) is 0.500. The Bertz CT molecular complexity index is 752. The fourth-order valence-electron chi connectivity index (χ4n) is 2.87. The van der Waals surface area contributed by atoms with E-state index in [1.165, 1.54) is 5.69 Å². The van der Waals surface area contributed by atoms with Crippen molar-refractivity contribution < 1.29 is 27.8 Å². The van der Waals surface area contributed by atoms with Gasteiger partial charge in [-0.15, -0.1) is 5.10 Å². The van der Waals surface area contributed by atoms with E-state index >= 15 is 0 Å². The van der Waals surface area contributed by atoms with Gasteiger partial charge in [0.15, 0.2) is 0 Å². The number of nitrogens with zero attached hydrogens (tertiary/aromatic N) is 5. The second kappa shape index (κ2) is 8.91. The minimum absolute atomic E-state index is 0.312. The average Bonchev–Trinajstić information content (AvgIpc) is 2.97. The van der Waals surface area contributed by atoms with Gasteiger partial charge in [-0.2, -0.15) is 13.2 Å². The topological polar surface area (TPSA) is 93.4 Å². The summed E-state index contributed by atoms with van der Waals surface area (Å²) in [5.74, 6) is -2.44. The Labute approximate surface area is 153 Å². The number of aliphatic carboxylic acids is 1. The smallest absolute Gasteiger partial charge is 0.475 e. The molecule has 0 saturated heterocycles. The number of fused-ring (bicyclic) bond motifs is 1. The van der Waals surface area contributed by atoms with Crippen LogP contribution in [0.15, 0.2) is 24.4 Å². The summed E-state index contributed by atoms with van der Waals surface area (Å²) in [6.07, 6.45) is -3.25. The number of ether oxygens (including phenoxy) is 1. The van der Waals surface area contributed by atoms with Crippen LogP contribution in [0.4, 0.5) is 13.2 Å². The minimum atomic E-state index is -5.08. The number of hydrogen-bond donors (Lipinski definition) is 1. The van der Waals surface area contributed by atoms with Crippen LogP contribution in [0.25, 0.3) is 0 Å². The van der Waals surface area contributed by atoms with Crippen molar-refractivity contribution in [3.8, 4) is 0 Å². The Morgan fingerprint density at radius 2 is 2.11 bits per heavy atom. The standard InChI is InChI=1S/C14H19N5O.C2HF3O2/c1-18-14-11(10-20-2)7-19(9-13(14)16-17-18)8-12-5-3-4-6-15-12;3-2(4,5)1(6)7/h3-6,11H,7-10H2,1-2H3;(H,6,7). The van der Waals surface area contributed by atoms with Crippen LogP contribution in [-0.2, 0) is 29.7 Å². The number of carboxylic acid groups (broad SMARTS) is 1. The fourth-order valence-corrected chi connectivity index (χ4v) is 2.87. The molecule has 0 spiro atoms. The lowest BCUT2D eigenvalue weighted by Crippen LogP contribution is -2.36. The van der Waals surface area contributed by atoms with E-state index in [0.29, 0.717) is 12.5 Å². The molecule has 1 atom stereocenters. The van der Waals surface area contributed by atoms with E-state index < -0.39 is 12.1 Å². The molecule has 1 aliphatic rings. The summed E-state index contributed by atoms with van der Waals surface area (Å²) in [5.41, 5.74) is 3.33. The number of methoxy groups -OCH3 is 1. The van der Waals surface area contributed by atoms with E-state index in [-0.39, 0.29) is 0 Å². The molecule has 0 amide bonds. The molecule has 148 valence electrons. The van der Waals surface area contributed by atoms with Gasteiger partial charge >= 0.3 is 12.1 Å². The SMILES string of the molecule is COCC1CN(Cc2ccccn2)Cc2nnn(C)c21.O=C(O)C(F)(F)F. The minimum Gasteiger partial charge on any atom is -0.475 e. The first-order valence-electron chi connectivity index (χ1n) is 8.02. The second-order valence-electron chi connectivity index (χ2n) is 5.99. The Kier molecular flexibility index (Phi) is 6.86. The lowest BCUT2D eigenvalue weighted by molar-refractivity contribution is -0.192. The molecule has 0 fully saturated rings. The van der Waals surface area contributed by atoms with Crippen molar-refractivity contribution in [1.29, 1.82) is 0 Å². The number of aryl methyl sites for hydroxylation is 1. The summed E-state index contributed by atoms with van der Waals surface area (Å²) in [4.78, 5) is 15.6. The number of halogens is 3. The van der Waals surface area contributed by atoms with Crippen LogP contribution in [0.5, 0.6) is 0 Å². The van der Waals surface area contributed by atoms with Crippen molar-refractivity contribution in [2.45, 2.75) is 25.2 Å². The van der Waals surface area contributed by atoms with Gasteiger partial charge < -0.3 is 9.84 Å². The van der Waals surface area contributed by atoms with Crippen LogP contribution in [0.3, 0.4) is 0 Å². The monoisotopic (exact) mass is 387 g/mol. The van der Waals surface area contributed by atoms with Gasteiger partial charge in [-0.1, -0.05) is 11.3 Å². The summed E-state index contributed by atoms with van der Waals surface area (Å²) in [6, 6.07) is 6.01. The highest BCUT2D eigenvalue weighted by atomic mass is 19.4. The number of hydrogen-bond acceptors (Lipinski definition) is 6. The second-order valence-corrected chi connectivity index (χ2v) is 5.99. The average molecular weight is 387 g/mol. The van der Waals surface area contributed by atoms with Gasteiger partial charge in [0.05, 0.1) is 18.0 Å². The zero-order valence-electron chi connectivity index (χ0n) is 14.8. The molecule has 3 rings (SSSR count). The van der Waals surface area contributed by atoms with E-state index in [0.717, 1.165) is 31.0 Å². The van der Waals surface area contributed by atoms with Crippen LogP contribution >= 0.6 is 0 Å². The van der Waals surface area contributed by atoms with Crippen LogP contribution in [0, 0.1) is 0 Å².